The summed E-state index contributed by atoms with van der Waals surface area (Å²) >= 11 is 0. The van der Waals surface area contributed by atoms with Crippen LogP contribution in [0.15, 0.2) is 65.3 Å². The van der Waals surface area contributed by atoms with E-state index in [2.05, 4.69) is 27.2 Å². The number of rotatable bonds is 4. The van der Waals surface area contributed by atoms with E-state index in [1.807, 2.05) is 60.5 Å². The summed E-state index contributed by atoms with van der Waals surface area (Å²) in [5.41, 5.74) is 4.79. The summed E-state index contributed by atoms with van der Waals surface area (Å²) in [5.74, 6) is 1.06. The quantitative estimate of drug-likeness (QED) is 0.486. The molecule has 5 rings (SSSR count). The van der Waals surface area contributed by atoms with Crippen LogP contribution in [0, 0.1) is 6.92 Å². The number of piperazine rings is 1. The third-order valence-corrected chi connectivity index (χ3v) is 6.04. The molecule has 0 atom stereocenters. The number of benzene rings is 2. The van der Waals surface area contributed by atoms with E-state index in [1.165, 1.54) is 0 Å². The smallest absolute Gasteiger partial charge is 0.293 e. The molecule has 7 heteroatoms. The molecule has 7 nitrogen and oxygen atoms in total. The van der Waals surface area contributed by atoms with Gasteiger partial charge in [-0.1, -0.05) is 29.4 Å². The molecular formula is C25H24N4O3. The van der Waals surface area contributed by atoms with Gasteiger partial charge in [0.2, 0.25) is 5.76 Å². The Hall–Kier alpha value is -3.87. The van der Waals surface area contributed by atoms with Crippen molar-refractivity contribution in [1.29, 1.82) is 0 Å². The predicted octanol–water partition coefficient (Wildman–Crippen LogP) is 4.17. The number of ether oxygens (including phenoxy) is 1. The summed E-state index contributed by atoms with van der Waals surface area (Å²) < 4.78 is 10.8. The maximum Gasteiger partial charge on any atom is 0.293 e. The second kappa shape index (κ2) is 8.34. The summed E-state index contributed by atoms with van der Waals surface area (Å²) in [7, 11) is 1.68. The number of amides is 1. The Labute approximate surface area is 186 Å². The van der Waals surface area contributed by atoms with E-state index in [0.717, 1.165) is 46.7 Å². The minimum absolute atomic E-state index is 0.111. The molecule has 0 saturated carbocycles. The molecule has 1 aliphatic rings. The van der Waals surface area contributed by atoms with Crippen LogP contribution >= 0.6 is 0 Å². The molecule has 4 aromatic rings. The van der Waals surface area contributed by atoms with E-state index in [9.17, 15) is 4.79 Å². The van der Waals surface area contributed by atoms with Crippen molar-refractivity contribution >= 4 is 22.5 Å². The fraction of sp³-hybridized carbons (Fsp3) is 0.240. The molecule has 3 heterocycles. The van der Waals surface area contributed by atoms with Crippen LogP contribution in [0.25, 0.3) is 22.2 Å². The Morgan fingerprint density at radius 1 is 1.00 bits per heavy atom. The van der Waals surface area contributed by atoms with E-state index >= 15 is 0 Å². The maximum atomic E-state index is 13.0. The van der Waals surface area contributed by atoms with Gasteiger partial charge in [0, 0.05) is 37.3 Å². The van der Waals surface area contributed by atoms with Gasteiger partial charge in [-0.2, -0.15) is 0 Å². The maximum absolute atomic E-state index is 13.0. The summed E-state index contributed by atoms with van der Waals surface area (Å²) in [4.78, 5) is 21.7. The first kappa shape index (κ1) is 20.1. The van der Waals surface area contributed by atoms with E-state index < -0.39 is 0 Å². The summed E-state index contributed by atoms with van der Waals surface area (Å²) in [6, 6.07) is 17.6. The molecule has 162 valence electrons. The lowest BCUT2D eigenvalue weighted by Crippen LogP contribution is -2.48. The van der Waals surface area contributed by atoms with Gasteiger partial charge >= 0.3 is 0 Å². The van der Waals surface area contributed by atoms with Crippen molar-refractivity contribution in [3.63, 3.8) is 0 Å². The Morgan fingerprint density at radius 3 is 2.56 bits per heavy atom. The summed E-state index contributed by atoms with van der Waals surface area (Å²) in [5, 5.41) is 4.76. The van der Waals surface area contributed by atoms with E-state index in [1.54, 1.807) is 7.11 Å². The highest BCUT2D eigenvalue weighted by molar-refractivity contribution is 6.03. The second-order valence-corrected chi connectivity index (χ2v) is 7.84. The minimum Gasteiger partial charge on any atom is -0.496 e. The van der Waals surface area contributed by atoms with Crippen LogP contribution < -0.4 is 9.64 Å². The van der Waals surface area contributed by atoms with Gasteiger partial charge in [-0.05, 0) is 37.3 Å². The van der Waals surface area contributed by atoms with Crippen LogP contribution in [0.3, 0.4) is 0 Å². The van der Waals surface area contributed by atoms with Crippen LogP contribution in [0.5, 0.6) is 5.75 Å². The van der Waals surface area contributed by atoms with Crippen LogP contribution in [-0.2, 0) is 0 Å². The third-order valence-electron chi connectivity index (χ3n) is 6.04. The molecule has 32 heavy (non-hydrogen) atoms. The minimum atomic E-state index is -0.111. The van der Waals surface area contributed by atoms with Gasteiger partial charge in [-0.15, -0.1) is 0 Å². The molecule has 0 radical (unpaired) electrons. The lowest BCUT2D eigenvalue weighted by atomic mass is 10.0. The Balaban J connectivity index is 1.27. The number of nitrogens with zero attached hydrogens (tertiary/aromatic N) is 4. The fourth-order valence-corrected chi connectivity index (χ4v) is 4.20. The number of fused-ring (bicyclic) bond motifs is 1. The number of aromatic nitrogens is 2. The largest absolute Gasteiger partial charge is 0.496 e. The van der Waals surface area contributed by atoms with Gasteiger partial charge in [0.15, 0.2) is 0 Å². The topological polar surface area (TPSA) is 71.7 Å². The highest BCUT2D eigenvalue weighted by Crippen LogP contribution is 2.29. The lowest BCUT2D eigenvalue weighted by Gasteiger charge is -2.35. The average molecular weight is 428 g/mol. The molecule has 0 aliphatic carbocycles. The molecule has 2 aromatic carbocycles. The Morgan fingerprint density at radius 2 is 1.81 bits per heavy atom. The first-order chi connectivity index (χ1) is 15.7. The van der Waals surface area contributed by atoms with Crippen molar-refractivity contribution in [2.75, 3.05) is 38.2 Å². The third kappa shape index (κ3) is 3.56. The van der Waals surface area contributed by atoms with Crippen molar-refractivity contribution in [3.05, 3.63) is 72.1 Å². The van der Waals surface area contributed by atoms with Crippen molar-refractivity contribution in [2.45, 2.75) is 6.92 Å². The first-order valence-corrected chi connectivity index (χ1v) is 10.6. The molecular weight excluding hydrogens is 404 g/mol. The first-order valence-electron chi connectivity index (χ1n) is 10.6. The summed E-state index contributed by atoms with van der Waals surface area (Å²) in [6.07, 6.45) is 1.90. The van der Waals surface area contributed by atoms with Gasteiger partial charge in [0.05, 0.1) is 30.1 Å². The zero-order valence-electron chi connectivity index (χ0n) is 18.1. The molecule has 2 aromatic heterocycles. The van der Waals surface area contributed by atoms with E-state index in [4.69, 9.17) is 9.26 Å². The number of hydrogen-bond donors (Lipinski definition) is 0. The highest BCUT2D eigenvalue weighted by atomic mass is 16.5. The van der Waals surface area contributed by atoms with Crippen LogP contribution in [0.1, 0.15) is 16.1 Å². The number of methoxy groups -OCH3 is 1. The lowest BCUT2D eigenvalue weighted by molar-refractivity contribution is 0.0707. The van der Waals surface area contributed by atoms with Crippen molar-refractivity contribution in [2.24, 2.45) is 0 Å². The predicted molar refractivity (Wildman–Crippen MR) is 123 cm³/mol. The van der Waals surface area contributed by atoms with Gasteiger partial charge in [-0.25, -0.2) is 0 Å². The van der Waals surface area contributed by atoms with Gasteiger partial charge in [0.1, 0.15) is 11.3 Å². The molecule has 0 spiro atoms. The Kier molecular flexibility index (Phi) is 5.23. The summed E-state index contributed by atoms with van der Waals surface area (Å²) in [6.45, 7) is 4.74. The van der Waals surface area contributed by atoms with Gasteiger partial charge in [0.25, 0.3) is 5.91 Å². The molecule has 0 bridgehead atoms. The number of pyridine rings is 1. The zero-order chi connectivity index (χ0) is 22.1. The van der Waals surface area contributed by atoms with Crippen LogP contribution in [-0.4, -0.2) is 54.2 Å². The van der Waals surface area contributed by atoms with E-state index in [0.29, 0.717) is 24.4 Å². The molecule has 1 amide bonds. The van der Waals surface area contributed by atoms with Crippen molar-refractivity contribution in [3.8, 4) is 17.0 Å². The monoisotopic (exact) mass is 428 g/mol. The fourth-order valence-electron chi connectivity index (χ4n) is 4.20. The van der Waals surface area contributed by atoms with Gasteiger partial charge in [-0.3, -0.25) is 9.78 Å². The van der Waals surface area contributed by atoms with Crippen molar-refractivity contribution in [1.82, 2.24) is 15.0 Å². The zero-order valence-corrected chi connectivity index (χ0v) is 18.1. The molecule has 0 unspecified atom stereocenters. The number of carbonyl (C=O) groups is 1. The normalized spacial score (nSPS) is 14.1. The molecule has 0 N–H and O–H groups in total. The van der Waals surface area contributed by atoms with Crippen LogP contribution in [0.2, 0.25) is 0 Å². The van der Waals surface area contributed by atoms with E-state index in [-0.39, 0.29) is 5.91 Å². The Bertz CT molecular complexity index is 1260. The number of hydrogen-bond acceptors (Lipinski definition) is 6. The van der Waals surface area contributed by atoms with Crippen LogP contribution in [0.4, 0.5) is 5.69 Å². The average Bonchev–Trinajstić information content (AvgIpc) is 3.28. The SMILES string of the molecule is COc1cccc(-c2ccc(N3CCN(C(=O)c4onc5ccccc45)CC3)cn2)c1C. The van der Waals surface area contributed by atoms with Gasteiger partial charge < -0.3 is 19.1 Å². The number of carbonyl (C=O) groups excluding carboxylic acids is 1. The molecule has 1 aliphatic heterocycles. The highest BCUT2D eigenvalue weighted by Gasteiger charge is 2.26. The number of anilines is 1. The second-order valence-electron chi connectivity index (χ2n) is 7.84. The standard InChI is InChI=1S/C25H24N4O3/c1-17-19(7-5-9-23(17)31-2)21-11-10-18(16-26-21)28-12-14-29(15-13-28)25(30)24-20-6-3-4-8-22(20)27-32-24/h3-11,16H,12-15H2,1-2H3. The molecule has 1 saturated heterocycles. The van der Waals surface area contributed by atoms with Crippen molar-refractivity contribution < 1.29 is 14.1 Å². The molecule has 1 fully saturated rings.